The molecular weight excluding hydrogens is 521 g/mol. The summed E-state index contributed by atoms with van der Waals surface area (Å²) < 4.78 is 36.6. The van der Waals surface area contributed by atoms with Crippen LogP contribution in [0, 0.1) is 6.92 Å². The van der Waals surface area contributed by atoms with Crippen LogP contribution in [0.25, 0.3) is 0 Å². The molecule has 2 N–H and O–H groups in total. The molecule has 2 aromatic rings. The molecule has 1 heterocycles. The lowest BCUT2D eigenvalue weighted by Crippen LogP contribution is -2.39. The molecule has 0 unspecified atom stereocenters. The molecule has 0 amide bonds. The summed E-state index contributed by atoms with van der Waals surface area (Å²) in [6, 6.07) is 4.42. The van der Waals surface area contributed by atoms with Crippen LogP contribution in [0.1, 0.15) is 17.2 Å². The van der Waals surface area contributed by atoms with Crippen molar-refractivity contribution in [2.24, 2.45) is 12.0 Å². The maximum atomic E-state index is 12.6. The van der Waals surface area contributed by atoms with Crippen LogP contribution in [0.5, 0.6) is 5.75 Å². The van der Waals surface area contributed by atoms with Gasteiger partial charge in [0, 0.05) is 31.3 Å². The van der Waals surface area contributed by atoms with E-state index in [2.05, 4.69) is 30.6 Å². The third-order valence-corrected chi connectivity index (χ3v) is 4.08. The predicted molar refractivity (Wildman–Crippen MR) is 117 cm³/mol. The zero-order valence-corrected chi connectivity index (χ0v) is 19.4. The van der Waals surface area contributed by atoms with E-state index in [4.69, 9.17) is 16.3 Å². The van der Waals surface area contributed by atoms with Crippen molar-refractivity contribution >= 4 is 41.5 Å². The first kappa shape index (κ1) is 25.3. The van der Waals surface area contributed by atoms with Gasteiger partial charge >= 0.3 is 6.61 Å². The van der Waals surface area contributed by atoms with Gasteiger partial charge in [-0.25, -0.2) is 4.99 Å². The molecule has 0 aliphatic carbocycles. The SMILES string of the molecule is COCCNC(=NCc1cc(Cl)ccc1OC(F)F)NCc1nnc(C)n1C.I. The Labute approximate surface area is 190 Å². The highest BCUT2D eigenvalue weighted by Crippen LogP contribution is 2.25. The molecule has 0 aliphatic heterocycles. The molecule has 0 aliphatic rings. The lowest BCUT2D eigenvalue weighted by Gasteiger charge is -2.13. The van der Waals surface area contributed by atoms with Crippen molar-refractivity contribution in [3.8, 4) is 5.75 Å². The summed E-state index contributed by atoms with van der Waals surface area (Å²) in [5, 5.41) is 14.7. The van der Waals surface area contributed by atoms with Gasteiger partial charge in [-0.1, -0.05) is 11.6 Å². The van der Waals surface area contributed by atoms with Gasteiger partial charge in [0.1, 0.15) is 11.6 Å². The lowest BCUT2D eigenvalue weighted by atomic mass is 10.2. The van der Waals surface area contributed by atoms with Gasteiger partial charge in [-0.15, -0.1) is 34.2 Å². The second-order valence-electron chi connectivity index (χ2n) is 5.79. The summed E-state index contributed by atoms with van der Waals surface area (Å²) >= 11 is 5.97. The van der Waals surface area contributed by atoms with Crippen LogP contribution in [0.3, 0.4) is 0 Å². The molecule has 2 rings (SSSR count). The summed E-state index contributed by atoms with van der Waals surface area (Å²) in [6.07, 6.45) is 0. The highest BCUT2D eigenvalue weighted by Gasteiger charge is 2.11. The number of methoxy groups -OCH3 is 1. The predicted octanol–water partition coefficient (Wildman–Crippen LogP) is 2.88. The number of rotatable bonds is 9. The number of halogens is 4. The third kappa shape index (κ3) is 8.26. The monoisotopic (exact) mass is 544 g/mol. The maximum Gasteiger partial charge on any atom is 0.387 e. The summed E-state index contributed by atoms with van der Waals surface area (Å²) in [7, 11) is 3.45. The first-order valence-electron chi connectivity index (χ1n) is 8.50. The first-order chi connectivity index (χ1) is 13.4. The molecule has 162 valence electrons. The molecule has 0 spiro atoms. The molecule has 1 aromatic carbocycles. The number of aryl methyl sites for hydroxylation is 1. The van der Waals surface area contributed by atoms with Gasteiger partial charge in [0.25, 0.3) is 0 Å². The number of ether oxygens (including phenoxy) is 2. The number of hydrogen-bond acceptors (Lipinski definition) is 5. The van der Waals surface area contributed by atoms with Gasteiger partial charge < -0.3 is 24.7 Å². The minimum absolute atomic E-state index is 0. The second-order valence-corrected chi connectivity index (χ2v) is 6.23. The number of nitrogens with one attached hydrogen (secondary N) is 2. The molecule has 0 saturated heterocycles. The average molecular weight is 545 g/mol. The van der Waals surface area contributed by atoms with Crippen molar-refractivity contribution in [3.05, 3.63) is 40.4 Å². The van der Waals surface area contributed by atoms with Gasteiger partial charge in [-0.3, -0.25) is 0 Å². The molecule has 0 radical (unpaired) electrons. The Morgan fingerprint density at radius 1 is 1.31 bits per heavy atom. The Bertz CT molecular complexity index is 806. The van der Waals surface area contributed by atoms with E-state index in [-0.39, 0.29) is 36.3 Å². The van der Waals surface area contributed by atoms with Crippen LogP contribution in [-0.2, 0) is 24.9 Å². The van der Waals surface area contributed by atoms with Crippen LogP contribution in [0.2, 0.25) is 5.02 Å². The molecule has 29 heavy (non-hydrogen) atoms. The standard InChI is InChI=1S/C17H23ClF2N6O2.HI/c1-11-24-25-15(26(11)2)10-23-17(21-6-7-27-3)22-9-12-8-13(18)4-5-14(12)28-16(19)20;/h4-5,8,16H,6-7,9-10H2,1-3H3,(H2,21,22,23);1H. The normalized spacial score (nSPS) is 11.3. The van der Waals surface area contributed by atoms with Gasteiger partial charge in [0.2, 0.25) is 0 Å². The summed E-state index contributed by atoms with van der Waals surface area (Å²) in [6.45, 7) is 0.373. The van der Waals surface area contributed by atoms with E-state index in [0.717, 1.165) is 11.6 Å². The quantitative estimate of drug-likeness (QED) is 0.219. The lowest BCUT2D eigenvalue weighted by molar-refractivity contribution is -0.0504. The van der Waals surface area contributed by atoms with E-state index in [0.29, 0.717) is 36.2 Å². The van der Waals surface area contributed by atoms with E-state index in [1.54, 1.807) is 13.2 Å². The summed E-state index contributed by atoms with van der Waals surface area (Å²) in [4.78, 5) is 4.42. The fourth-order valence-corrected chi connectivity index (χ4v) is 2.45. The molecule has 0 bridgehead atoms. The fourth-order valence-electron chi connectivity index (χ4n) is 2.26. The van der Waals surface area contributed by atoms with E-state index in [9.17, 15) is 8.78 Å². The van der Waals surface area contributed by atoms with Crippen molar-refractivity contribution in [1.82, 2.24) is 25.4 Å². The maximum absolute atomic E-state index is 12.6. The second kappa shape index (κ2) is 12.8. The number of alkyl halides is 2. The topological polar surface area (TPSA) is 85.6 Å². The highest BCUT2D eigenvalue weighted by atomic mass is 127. The first-order valence-corrected chi connectivity index (χ1v) is 8.87. The van der Waals surface area contributed by atoms with Crippen molar-refractivity contribution < 1.29 is 18.3 Å². The van der Waals surface area contributed by atoms with Crippen LogP contribution in [0.4, 0.5) is 8.78 Å². The van der Waals surface area contributed by atoms with Crippen LogP contribution >= 0.6 is 35.6 Å². The Kier molecular flexibility index (Phi) is 11.1. The van der Waals surface area contributed by atoms with Gasteiger partial charge in [-0.2, -0.15) is 8.78 Å². The van der Waals surface area contributed by atoms with E-state index >= 15 is 0 Å². The van der Waals surface area contributed by atoms with E-state index < -0.39 is 6.61 Å². The highest BCUT2D eigenvalue weighted by molar-refractivity contribution is 14.0. The summed E-state index contributed by atoms with van der Waals surface area (Å²) in [5.74, 6) is 2.00. The largest absolute Gasteiger partial charge is 0.434 e. The molecular formula is C17H24ClF2IN6O2. The molecule has 1 aromatic heterocycles. The Morgan fingerprint density at radius 2 is 2.07 bits per heavy atom. The van der Waals surface area contributed by atoms with Gasteiger partial charge in [0.15, 0.2) is 11.8 Å². The third-order valence-electron chi connectivity index (χ3n) is 3.84. The molecule has 0 atom stereocenters. The van der Waals surface area contributed by atoms with Crippen LogP contribution in [-0.4, -0.2) is 47.6 Å². The Morgan fingerprint density at radius 3 is 2.69 bits per heavy atom. The van der Waals surface area contributed by atoms with Gasteiger partial charge in [-0.05, 0) is 25.1 Å². The van der Waals surface area contributed by atoms with Crippen molar-refractivity contribution in [2.75, 3.05) is 20.3 Å². The number of guanidine groups is 1. The zero-order chi connectivity index (χ0) is 20.5. The van der Waals surface area contributed by atoms with Crippen molar-refractivity contribution in [1.29, 1.82) is 0 Å². The van der Waals surface area contributed by atoms with Crippen LogP contribution in [0.15, 0.2) is 23.2 Å². The number of hydrogen-bond donors (Lipinski definition) is 2. The number of nitrogens with zero attached hydrogens (tertiary/aromatic N) is 4. The number of aliphatic imine (C=N–C) groups is 1. The van der Waals surface area contributed by atoms with E-state index in [1.165, 1.54) is 12.1 Å². The number of aromatic nitrogens is 3. The molecule has 12 heteroatoms. The minimum atomic E-state index is -2.93. The molecule has 8 nitrogen and oxygen atoms in total. The minimum Gasteiger partial charge on any atom is -0.434 e. The summed E-state index contributed by atoms with van der Waals surface area (Å²) in [5.41, 5.74) is 0.440. The van der Waals surface area contributed by atoms with Crippen molar-refractivity contribution in [3.63, 3.8) is 0 Å². The fraction of sp³-hybridized carbons (Fsp3) is 0.471. The van der Waals surface area contributed by atoms with Crippen LogP contribution < -0.4 is 15.4 Å². The van der Waals surface area contributed by atoms with E-state index in [1.807, 2.05) is 18.5 Å². The van der Waals surface area contributed by atoms with Crippen molar-refractivity contribution in [2.45, 2.75) is 26.6 Å². The molecule has 0 fully saturated rings. The Balaban J connectivity index is 0.00000420. The average Bonchev–Trinajstić information content (AvgIpc) is 2.97. The van der Waals surface area contributed by atoms with Gasteiger partial charge in [0.05, 0.1) is 19.7 Å². The smallest absolute Gasteiger partial charge is 0.387 e. The number of benzene rings is 1. The zero-order valence-electron chi connectivity index (χ0n) is 16.3. The Hall–Kier alpha value is -1.73. The molecule has 0 saturated carbocycles.